The van der Waals surface area contributed by atoms with Gasteiger partial charge in [-0.15, -0.1) is 0 Å². The highest BCUT2D eigenvalue weighted by Gasteiger charge is 2.32. The molecule has 1 N–H and O–H groups in total. The Morgan fingerprint density at radius 1 is 1.33 bits per heavy atom. The van der Waals surface area contributed by atoms with Gasteiger partial charge in [-0.3, -0.25) is 5.43 Å². The summed E-state index contributed by atoms with van der Waals surface area (Å²) in [4.78, 5) is 11.9. The van der Waals surface area contributed by atoms with E-state index in [1.807, 2.05) is 27.7 Å². The zero-order valence-corrected chi connectivity index (χ0v) is 12.1. The summed E-state index contributed by atoms with van der Waals surface area (Å²) in [6, 6.07) is -0.383. The van der Waals surface area contributed by atoms with Crippen molar-refractivity contribution in [3.8, 4) is 0 Å². The number of hydrazone groups is 1. The van der Waals surface area contributed by atoms with E-state index in [2.05, 4.69) is 10.5 Å². The lowest BCUT2D eigenvalue weighted by atomic mass is 9.87. The van der Waals surface area contributed by atoms with Gasteiger partial charge in [-0.25, -0.2) is 4.79 Å². The Bertz CT molecular complexity index is 297. The molecular weight excluding hydrogens is 228 g/mol. The van der Waals surface area contributed by atoms with Crippen LogP contribution in [-0.2, 0) is 9.53 Å². The van der Waals surface area contributed by atoms with Crippen LogP contribution in [0.25, 0.3) is 0 Å². The topological polar surface area (TPSA) is 50.7 Å². The Kier molecular flexibility index (Phi) is 5.63. The first-order valence-electron chi connectivity index (χ1n) is 6.92. The minimum Gasteiger partial charge on any atom is -0.464 e. The maximum atomic E-state index is 11.9. The van der Waals surface area contributed by atoms with Gasteiger partial charge in [-0.1, -0.05) is 27.2 Å². The molecule has 1 fully saturated rings. The standard InChI is InChI=1S/C14H26N2O2/c1-5-18-13(17)12(14(2,3)4)16-15-11-9-7-6-8-10-11/h12,16H,5-10H2,1-4H3. The maximum absolute atomic E-state index is 11.9. The van der Waals surface area contributed by atoms with Crippen LogP contribution >= 0.6 is 0 Å². The molecule has 1 saturated carbocycles. The van der Waals surface area contributed by atoms with Gasteiger partial charge in [0.05, 0.1) is 6.61 Å². The molecule has 104 valence electrons. The average molecular weight is 254 g/mol. The molecule has 18 heavy (non-hydrogen) atoms. The quantitative estimate of drug-likeness (QED) is 0.620. The van der Waals surface area contributed by atoms with Crippen molar-refractivity contribution in [1.29, 1.82) is 0 Å². The molecule has 1 atom stereocenters. The van der Waals surface area contributed by atoms with E-state index in [1.165, 1.54) is 25.0 Å². The molecule has 0 spiro atoms. The average Bonchev–Trinajstić information content (AvgIpc) is 2.29. The smallest absolute Gasteiger partial charge is 0.330 e. The van der Waals surface area contributed by atoms with E-state index >= 15 is 0 Å². The number of nitrogens with zero attached hydrogens (tertiary/aromatic N) is 1. The molecule has 0 aromatic carbocycles. The fourth-order valence-corrected chi connectivity index (χ4v) is 2.05. The summed E-state index contributed by atoms with van der Waals surface area (Å²) in [6.45, 7) is 8.28. The molecule has 1 unspecified atom stereocenters. The molecule has 0 radical (unpaired) electrons. The van der Waals surface area contributed by atoms with E-state index in [0.717, 1.165) is 12.8 Å². The maximum Gasteiger partial charge on any atom is 0.330 e. The first-order chi connectivity index (χ1) is 8.45. The molecule has 0 bridgehead atoms. The Labute approximate surface area is 110 Å². The Morgan fingerprint density at radius 3 is 2.44 bits per heavy atom. The van der Waals surface area contributed by atoms with Gasteiger partial charge in [-0.05, 0) is 38.0 Å². The fourth-order valence-electron chi connectivity index (χ4n) is 2.05. The van der Waals surface area contributed by atoms with Crippen molar-refractivity contribution in [3.63, 3.8) is 0 Å². The van der Waals surface area contributed by atoms with E-state index in [-0.39, 0.29) is 17.4 Å². The van der Waals surface area contributed by atoms with Gasteiger partial charge in [-0.2, -0.15) is 5.10 Å². The molecule has 0 heterocycles. The highest BCUT2D eigenvalue weighted by molar-refractivity contribution is 5.85. The van der Waals surface area contributed by atoms with E-state index in [1.54, 1.807) is 0 Å². The van der Waals surface area contributed by atoms with Crippen LogP contribution in [-0.4, -0.2) is 24.3 Å². The fraction of sp³-hybridized carbons (Fsp3) is 0.857. The van der Waals surface area contributed by atoms with Crippen LogP contribution in [0.3, 0.4) is 0 Å². The molecule has 4 heteroatoms. The van der Waals surface area contributed by atoms with Crippen LogP contribution in [0.5, 0.6) is 0 Å². The van der Waals surface area contributed by atoms with Crippen molar-refractivity contribution in [2.75, 3.05) is 6.61 Å². The number of nitrogens with one attached hydrogen (secondary N) is 1. The summed E-state index contributed by atoms with van der Waals surface area (Å²) in [5.41, 5.74) is 4.00. The minimum atomic E-state index is -0.383. The molecule has 1 rings (SSSR count). The highest BCUT2D eigenvalue weighted by atomic mass is 16.5. The summed E-state index contributed by atoms with van der Waals surface area (Å²) < 4.78 is 5.10. The first-order valence-corrected chi connectivity index (χ1v) is 6.92. The van der Waals surface area contributed by atoms with E-state index in [4.69, 9.17) is 4.74 Å². The Hall–Kier alpha value is -1.06. The molecular formula is C14H26N2O2. The number of esters is 1. The van der Waals surface area contributed by atoms with Crippen molar-refractivity contribution >= 4 is 11.7 Å². The number of rotatable bonds is 4. The predicted molar refractivity (Wildman–Crippen MR) is 73.5 cm³/mol. The number of hydrogen-bond acceptors (Lipinski definition) is 4. The third-order valence-electron chi connectivity index (χ3n) is 3.17. The largest absolute Gasteiger partial charge is 0.464 e. The van der Waals surface area contributed by atoms with E-state index in [9.17, 15) is 4.79 Å². The number of hydrogen-bond donors (Lipinski definition) is 1. The van der Waals surface area contributed by atoms with Crippen LogP contribution in [0, 0.1) is 5.41 Å². The lowest BCUT2D eigenvalue weighted by molar-refractivity contribution is -0.148. The van der Waals surface area contributed by atoms with Gasteiger partial charge < -0.3 is 4.74 Å². The van der Waals surface area contributed by atoms with E-state index < -0.39 is 0 Å². The lowest BCUT2D eigenvalue weighted by Gasteiger charge is -2.28. The van der Waals surface area contributed by atoms with Gasteiger partial charge in [0, 0.05) is 5.71 Å². The van der Waals surface area contributed by atoms with E-state index in [0.29, 0.717) is 6.61 Å². The number of ether oxygens (including phenoxy) is 1. The zero-order chi connectivity index (χ0) is 13.6. The van der Waals surface area contributed by atoms with Crippen molar-refractivity contribution < 1.29 is 9.53 Å². The van der Waals surface area contributed by atoms with Crippen LogP contribution in [0.1, 0.15) is 59.8 Å². The summed E-state index contributed by atoms with van der Waals surface area (Å²) in [7, 11) is 0. The number of carbonyl (C=O) groups is 1. The third-order valence-corrected chi connectivity index (χ3v) is 3.17. The molecule has 0 aromatic heterocycles. The third kappa shape index (κ3) is 4.67. The second kappa shape index (κ2) is 6.76. The van der Waals surface area contributed by atoms with Gasteiger partial charge in [0.1, 0.15) is 6.04 Å². The number of carbonyl (C=O) groups excluding carboxylic acids is 1. The second-order valence-electron chi connectivity index (χ2n) is 5.92. The summed E-state index contributed by atoms with van der Waals surface area (Å²) in [5.74, 6) is -0.217. The summed E-state index contributed by atoms with van der Waals surface area (Å²) in [6.07, 6.45) is 5.80. The van der Waals surface area contributed by atoms with Gasteiger partial charge in [0.25, 0.3) is 0 Å². The Balaban J connectivity index is 2.63. The highest BCUT2D eigenvalue weighted by Crippen LogP contribution is 2.21. The normalized spacial score (nSPS) is 18.1. The van der Waals surface area contributed by atoms with Crippen LogP contribution < -0.4 is 5.43 Å². The molecule has 0 saturated heterocycles. The molecule has 1 aliphatic carbocycles. The van der Waals surface area contributed by atoms with Crippen LogP contribution in [0.2, 0.25) is 0 Å². The predicted octanol–water partition coefficient (Wildman–Crippen LogP) is 2.87. The van der Waals surface area contributed by atoms with Crippen molar-refractivity contribution in [2.45, 2.75) is 65.8 Å². The lowest BCUT2D eigenvalue weighted by Crippen LogP contribution is -2.45. The van der Waals surface area contributed by atoms with Crippen LogP contribution in [0.4, 0.5) is 0 Å². The van der Waals surface area contributed by atoms with Crippen molar-refractivity contribution in [1.82, 2.24) is 5.43 Å². The van der Waals surface area contributed by atoms with Crippen LogP contribution in [0.15, 0.2) is 5.10 Å². The molecule has 0 aliphatic heterocycles. The summed E-state index contributed by atoms with van der Waals surface area (Å²) >= 11 is 0. The monoisotopic (exact) mass is 254 g/mol. The zero-order valence-electron chi connectivity index (χ0n) is 12.1. The molecule has 0 amide bonds. The SMILES string of the molecule is CCOC(=O)C(NN=C1CCCCC1)C(C)(C)C. The van der Waals surface area contributed by atoms with Crippen molar-refractivity contribution in [3.05, 3.63) is 0 Å². The molecule has 4 nitrogen and oxygen atoms in total. The summed E-state index contributed by atoms with van der Waals surface area (Å²) in [5, 5.41) is 4.42. The van der Waals surface area contributed by atoms with Crippen molar-refractivity contribution in [2.24, 2.45) is 10.5 Å². The van der Waals surface area contributed by atoms with Gasteiger partial charge in [0.2, 0.25) is 0 Å². The Morgan fingerprint density at radius 2 is 1.94 bits per heavy atom. The minimum absolute atomic E-state index is 0.203. The molecule has 0 aromatic rings. The first kappa shape index (κ1) is 15.0. The van der Waals surface area contributed by atoms with Gasteiger partial charge in [0.15, 0.2) is 0 Å². The second-order valence-corrected chi connectivity index (χ2v) is 5.92. The van der Waals surface area contributed by atoms with Gasteiger partial charge >= 0.3 is 5.97 Å². The molecule has 1 aliphatic rings.